The van der Waals surface area contributed by atoms with Gasteiger partial charge in [0, 0.05) is 25.2 Å². The van der Waals surface area contributed by atoms with E-state index in [4.69, 9.17) is 5.73 Å². The minimum atomic E-state index is 0.466. The van der Waals surface area contributed by atoms with Crippen molar-refractivity contribution in [3.8, 4) is 0 Å². The van der Waals surface area contributed by atoms with Crippen LogP contribution in [0.25, 0.3) is 0 Å². The molecule has 3 unspecified atom stereocenters. The number of hydrogen-bond acceptors (Lipinski definition) is 3. The zero-order valence-electron chi connectivity index (χ0n) is 11.0. The van der Waals surface area contributed by atoms with Crippen LogP contribution in [0.15, 0.2) is 0 Å². The molecule has 3 atom stereocenters. The van der Waals surface area contributed by atoms with Crippen molar-refractivity contribution in [2.45, 2.75) is 38.3 Å². The highest BCUT2D eigenvalue weighted by Gasteiger charge is 2.32. The molecule has 1 saturated heterocycles. The molecule has 2 N–H and O–H groups in total. The summed E-state index contributed by atoms with van der Waals surface area (Å²) >= 11 is 0. The van der Waals surface area contributed by atoms with E-state index in [1.807, 2.05) is 0 Å². The van der Waals surface area contributed by atoms with Crippen LogP contribution in [0.2, 0.25) is 0 Å². The molecule has 1 saturated carbocycles. The van der Waals surface area contributed by atoms with Crippen LogP contribution in [0.1, 0.15) is 26.2 Å². The normalized spacial score (nSPS) is 33.6. The Bertz CT molecular complexity index is 225. The monoisotopic (exact) mass is 225 g/mol. The fraction of sp³-hybridized carbons (Fsp3) is 1.00. The summed E-state index contributed by atoms with van der Waals surface area (Å²) in [4.78, 5) is 4.96. The molecule has 3 heteroatoms. The number of rotatable bonds is 5. The SMILES string of the molecule is CC1CN(CCC(N)C2CC2)CC1N(C)C. The van der Waals surface area contributed by atoms with E-state index in [0.717, 1.165) is 17.9 Å². The standard InChI is InChI=1S/C13H27N3/c1-10-8-16(9-13(10)15(2)3)7-6-12(14)11-4-5-11/h10-13H,4-9,14H2,1-3H3. The van der Waals surface area contributed by atoms with Gasteiger partial charge in [-0.1, -0.05) is 6.92 Å². The van der Waals surface area contributed by atoms with Gasteiger partial charge in [0.25, 0.3) is 0 Å². The van der Waals surface area contributed by atoms with Crippen molar-refractivity contribution in [2.75, 3.05) is 33.7 Å². The molecule has 1 aliphatic heterocycles. The summed E-state index contributed by atoms with van der Waals surface area (Å²) in [7, 11) is 4.39. The highest BCUT2D eigenvalue weighted by atomic mass is 15.2. The van der Waals surface area contributed by atoms with Gasteiger partial charge in [-0.3, -0.25) is 0 Å². The lowest BCUT2D eigenvalue weighted by Gasteiger charge is -2.23. The molecule has 0 aromatic carbocycles. The fourth-order valence-electron chi connectivity index (χ4n) is 2.99. The van der Waals surface area contributed by atoms with Gasteiger partial charge < -0.3 is 15.5 Å². The molecule has 2 aliphatic rings. The number of nitrogens with two attached hydrogens (primary N) is 1. The molecule has 16 heavy (non-hydrogen) atoms. The van der Waals surface area contributed by atoms with Crippen LogP contribution in [0.3, 0.4) is 0 Å². The fourth-order valence-corrected chi connectivity index (χ4v) is 2.99. The van der Waals surface area contributed by atoms with Crippen LogP contribution >= 0.6 is 0 Å². The van der Waals surface area contributed by atoms with Gasteiger partial charge in [-0.05, 0) is 51.7 Å². The summed E-state index contributed by atoms with van der Waals surface area (Å²) in [6, 6.07) is 1.20. The first-order chi connectivity index (χ1) is 7.58. The lowest BCUT2D eigenvalue weighted by atomic mass is 10.1. The van der Waals surface area contributed by atoms with Crippen LogP contribution in [0.5, 0.6) is 0 Å². The van der Waals surface area contributed by atoms with E-state index in [1.54, 1.807) is 0 Å². The molecule has 0 amide bonds. The zero-order chi connectivity index (χ0) is 11.7. The Labute approximate surface area is 100.0 Å². The van der Waals surface area contributed by atoms with Crippen molar-refractivity contribution in [1.82, 2.24) is 9.80 Å². The molecule has 1 heterocycles. The first kappa shape index (κ1) is 12.3. The smallest absolute Gasteiger partial charge is 0.0254 e. The third kappa shape index (κ3) is 2.96. The molecule has 2 rings (SSSR count). The van der Waals surface area contributed by atoms with E-state index in [0.29, 0.717) is 6.04 Å². The topological polar surface area (TPSA) is 32.5 Å². The van der Waals surface area contributed by atoms with Gasteiger partial charge in [0.05, 0.1) is 0 Å². The molecule has 0 radical (unpaired) electrons. The average molecular weight is 225 g/mol. The van der Waals surface area contributed by atoms with E-state index in [1.165, 1.54) is 38.9 Å². The van der Waals surface area contributed by atoms with Crippen LogP contribution in [0, 0.1) is 11.8 Å². The Morgan fingerprint density at radius 1 is 1.31 bits per heavy atom. The van der Waals surface area contributed by atoms with E-state index >= 15 is 0 Å². The predicted octanol–water partition coefficient (Wildman–Crippen LogP) is 0.996. The van der Waals surface area contributed by atoms with Gasteiger partial charge in [0.2, 0.25) is 0 Å². The quantitative estimate of drug-likeness (QED) is 0.757. The summed E-state index contributed by atoms with van der Waals surface area (Å²) in [6.45, 7) is 6.05. The van der Waals surface area contributed by atoms with Gasteiger partial charge in [-0.2, -0.15) is 0 Å². The van der Waals surface area contributed by atoms with Crippen LogP contribution < -0.4 is 5.73 Å². The Hall–Kier alpha value is -0.120. The van der Waals surface area contributed by atoms with E-state index in [-0.39, 0.29) is 0 Å². The highest BCUT2D eigenvalue weighted by Crippen LogP contribution is 2.33. The van der Waals surface area contributed by atoms with Gasteiger partial charge in [-0.25, -0.2) is 0 Å². The van der Waals surface area contributed by atoms with Crippen molar-refractivity contribution in [3.63, 3.8) is 0 Å². The maximum absolute atomic E-state index is 6.15. The Morgan fingerprint density at radius 3 is 2.50 bits per heavy atom. The maximum atomic E-state index is 6.15. The summed E-state index contributed by atoms with van der Waals surface area (Å²) < 4.78 is 0. The second-order valence-corrected chi connectivity index (χ2v) is 6.06. The molecule has 0 bridgehead atoms. The molecule has 94 valence electrons. The highest BCUT2D eigenvalue weighted by molar-refractivity contribution is 4.89. The summed E-state index contributed by atoms with van der Waals surface area (Å²) in [6.07, 6.45) is 3.94. The number of hydrogen-bond donors (Lipinski definition) is 1. The van der Waals surface area contributed by atoms with Gasteiger partial charge in [-0.15, -0.1) is 0 Å². The largest absolute Gasteiger partial charge is 0.327 e. The van der Waals surface area contributed by atoms with Crippen molar-refractivity contribution >= 4 is 0 Å². The van der Waals surface area contributed by atoms with Gasteiger partial charge in [0.15, 0.2) is 0 Å². The lowest BCUT2D eigenvalue weighted by molar-refractivity contribution is 0.249. The Morgan fingerprint density at radius 2 is 2.00 bits per heavy atom. The summed E-state index contributed by atoms with van der Waals surface area (Å²) in [5, 5.41) is 0. The maximum Gasteiger partial charge on any atom is 0.0254 e. The van der Waals surface area contributed by atoms with Crippen molar-refractivity contribution in [3.05, 3.63) is 0 Å². The first-order valence-electron chi connectivity index (χ1n) is 6.72. The van der Waals surface area contributed by atoms with Gasteiger partial charge in [0.1, 0.15) is 0 Å². The average Bonchev–Trinajstić information content (AvgIpc) is 2.99. The van der Waals surface area contributed by atoms with E-state index in [2.05, 4.69) is 30.8 Å². The van der Waals surface area contributed by atoms with E-state index < -0.39 is 0 Å². The molecule has 0 aromatic rings. The van der Waals surface area contributed by atoms with Crippen molar-refractivity contribution in [2.24, 2.45) is 17.6 Å². The minimum absolute atomic E-state index is 0.466. The molecule has 2 fully saturated rings. The van der Waals surface area contributed by atoms with Crippen molar-refractivity contribution in [1.29, 1.82) is 0 Å². The number of nitrogens with zero attached hydrogens (tertiary/aromatic N) is 2. The molecule has 0 aromatic heterocycles. The summed E-state index contributed by atoms with van der Waals surface area (Å²) in [5.74, 6) is 1.65. The number of likely N-dealkylation sites (tertiary alicyclic amines) is 1. The van der Waals surface area contributed by atoms with Crippen molar-refractivity contribution < 1.29 is 0 Å². The molecule has 3 nitrogen and oxygen atoms in total. The number of likely N-dealkylation sites (N-methyl/N-ethyl adjacent to an activating group) is 1. The first-order valence-corrected chi connectivity index (χ1v) is 6.72. The Balaban J connectivity index is 1.71. The van der Waals surface area contributed by atoms with Crippen LogP contribution in [-0.4, -0.2) is 55.6 Å². The third-order valence-electron chi connectivity index (χ3n) is 4.32. The zero-order valence-corrected chi connectivity index (χ0v) is 11.0. The third-order valence-corrected chi connectivity index (χ3v) is 4.32. The summed E-state index contributed by atoms with van der Waals surface area (Å²) in [5.41, 5.74) is 6.15. The second kappa shape index (κ2) is 5.03. The molecule has 0 spiro atoms. The van der Waals surface area contributed by atoms with Gasteiger partial charge >= 0.3 is 0 Å². The molecular weight excluding hydrogens is 198 g/mol. The molecule has 1 aliphatic carbocycles. The predicted molar refractivity (Wildman–Crippen MR) is 68.4 cm³/mol. The second-order valence-electron chi connectivity index (χ2n) is 6.06. The van der Waals surface area contributed by atoms with Crippen LogP contribution in [-0.2, 0) is 0 Å². The minimum Gasteiger partial charge on any atom is -0.327 e. The van der Waals surface area contributed by atoms with E-state index in [9.17, 15) is 0 Å². The lowest BCUT2D eigenvalue weighted by Crippen LogP contribution is -2.35. The Kier molecular flexibility index (Phi) is 3.88. The van der Waals surface area contributed by atoms with Crippen LogP contribution in [0.4, 0.5) is 0 Å². The molecular formula is C13H27N3.